The number of pyridine rings is 1. The van der Waals surface area contributed by atoms with Gasteiger partial charge in [0, 0.05) is 11.8 Å². The summed E-state index contributed by atoms with van der Waals surface area (Å²) < 4.78 is 0. The van der Waals surface area contributed by atoms with E-state index in [4.69, 9.17) is 17.3 Å². The number of rotatable bonds is 1. The average molecular weight is 169 g/mol. The second kappa shape index (κ2) is 3.39. The van der Waals surface area contributed by atoms with Crippen molar-refractivity contribution in [2.75, 3.05) is 5.73 Å². The fourth-order valence-electron chi connectivity index (χ4n) is 0.779. The Balaban J connectivity index is 3.12. The molecule has 2 nitrogen and oxygen atoms in total. The number of halogens is 1. The summed E-state index contributed by atoms with van der Waals surface area (Å²) in [6.07, 6.45) is 5.29. The van der Waals surface area contributed by atoms with Crippen LogP contribution in [0.2, 0.25) is 5.02 Å². The number of nitrogen functional groups attached to an aromatic ring is 1. The predicted molar refractivity (Wildman–Crippen MR) is 48.4 cm³/mol. The molecule has 3 heteroatoms. The van der Waals surface area contributed by atoms with Crippen LogP contribution in [0.5, 0.6) is 0 Å². The predicted octanol–water partition coefficient (Wildman–Crippen LogP) is 2.35. The lowest BCUT2D eigenvalue weighted by atomic mass is 10.2. The maximum Gasteiger partial charge on any atom is 0.130 e. The lowest BCUT2D eigenvalue weighted by Crippen LogP contribution is -1.92. The van der Waals surface area contributed by atoms with E-state index in [1.807, 2.05) is 19.1 Å². The number of anilines is 1. The molecule has 0 atom stereocenters. The Labute approximate surface area is 70.7 Å². The van der Waals surface area contributed by atoms with Crippen LogP contribution in [-0.4, -0.2) is 4.98 Å². The number of aromatic nitrogens is 1. The van der Waals surface area contributed by atoms with E-state index in [0.29, 0.717) is 10.8 Å². The highest BCUT2D eigenvalue weighted by Gasteiger charge is 1.95. The molecule has 1 heterocycles. The van der Waals surface area contributed by atoms with Gasteiger partial charge in [-0.25, -0.2) is 4.98 Å². The van der Waals surface area contributed by atoms with Crippen LogP contribution in [0.25, 0.3) is 6.08 Å². The van der Waals surface area contributed by atoms with Gasteiger partial charge in [-0.3, -0.25) is 0 Å². The Kier molecular flexibility index (Phi) is 2.49. The molecular formula is C8H9ClN2. The third-order valence-electron chi connectivity index (χ3n) is 1.26. The smallest absolute Gasteiger partial charge is 0.130 e. The molecule has 0 aliphatic carbocycles. The van der Waals surface area contributed by atoms with Crippen molar-refractivity contribution in [3.05, 3.63) is 28.9 Å². The second-order valence-electron chi connectivity index (χ2n) is 2.13. The zero-order chi connectivity index (χ0) is 8.27. The van der Waals surface area contributed by atoms with Gasteiger partial charge in [0.05, 0.1) is 5.02 Å². The molecule has 11 heavy (non-hydrogen) atoms. The Bertz CT molecular complexity index is 281. The molecule has 58 valence electrons. The van der Waals surface area contributed by atoms with Crippen molar-refractivity contribution in [3.63, 3.8) is 0 Å². The van der Waals surface area contributed by atoms with E-state index in [9.17, 15) is 0 Å². The van der Waals surface area contributed by atoms with E-state index in [-0.39, 0.29) is 0 Å². The van der Waals surface area contributed by atoms with Crippen LogP contribution in [0.4, 0.5) is 5.82 Å². The van der Waals surface area contributed by atoms with E-state index in [1.54, 1.807) is 6.07 Å². The summed E-state index contributed by atoms with van der Waals surface area (Å²) in [6, 6.07) is 1.78. The van der Waals surface area contributed by atoms with Gasteiger partial charge in [0.25, 0.3) is 0 Å². The van der Waals surface area contributed by atoms with Gasteiger partial charge in [0.2, 0.25) is 0 Å². The van der Waals surface area contributed by atoms with Gasteiger partial charge in [-0.2, -0.15) is 0 Å². The monoisotopic (exact) mass is 168 g/mol. The van der Waals surface area contributed by atoms with Gasteiger partial charge in [-0.1, -0.05) is 23.8 Å². The first-order valence-electron chi connectivity index (χ1n) is 3.27. The maximum absolute atomic E-state index is 5.70. The topological polar surface area (TPSA) is 38.9 Å². The Hall–Kier alpha value is -1.02. The van der Waals surface area contributed by atoms with Gasteiger partial charge in [0.15, 0.2) is 0 Å². The molecular weight excluding hydrogens is 160 g/mol. The average Bonchev–Trinajstić information content (AvgIpc) is 1.98. The molecule has 2 N–H and O–H groups in total. The lowest BCUT2D eigenvalue weighted by Gasteiger charge is -1.97. The van der Waals surface area contributed by atoms with E-state index >= 15 is 0 Å². The number of nitrogens with two attached hydrogens (primary N) is 1. The summed E-state index contributed by atoms with van der Waals surface area (Å²) in [5, 5.41) is 0.604. The van der Waals surface area contributed by atoms with Crippen LogP contribution in [0.15, 0.2) is 18.3 Å². The molecule has 0 aromatic carbocycles. The highest BCUT2D eigenvalue weighted by molar-refractivity contribution is 6.30. The maximum atomic E-state index is 5.70. The quantitative estimate of drug-likeness (QED) is 0.699. The van der Waals surface area contributed by atoms with Gasteiger partial charge >= 0.3 is 0 Å². The third-order valence-corrected chi connectivity index (χ3v) is 1.47. The number of nitrogens with zero attached hydrogens (tertiary/aromatic N) is 1. The highest BCUT2D eigenvalue weighted by atomic mass is 35.5. The third kappa shape index (κ3) is 1.95. The molecule has 0 unspecified atom stereocenters. The van der Waals surface area contributed by atoms with Gasteiger partial charge in [0.1, 0.15) is 5.82 Å². The first-order valence-corrected chi connectivity index (χ1v) is 3.65. The molecule has 1 rings (SSSR count). The van der Waals surface area contributed by atoms with Crippen molar-refractivity contribution in [1.29, 1.82) is 0 Å². The largest absolute Gasteiger partial charge is 0.383 e. The molecule has 0 saturated heterocycles. The summed E-state index contributed by atoms with van der Waals surface area (Å²) in [6.45, 7) is 1.92. The van der Waals surface area contributed by atoms with Crippen molar-refractivity contribution in [2.24, 2.45) is 0 Å². The Morgan fingerprint density at radius 2 is 2.36 bits per heavy atom. The van der Waals surface area contributed by atoms with Crippen LogP contribution < -0.4 is 5.73 Å². The molecule has 0 spiro atoms. The normalized spacial score (nSPS) is 10.7. The van der Waals surface area contributed by atoms with E-state index in [1.165, 1.54) is 6.20 Å². The van der Waals surface area contributed by atoms with E-state index in [2.05, 4.69) is 4.98 Å². The summed E-state index contributed by atoms with van der Waals surface area (Å²) in [7, 11) is 0. The van der Waals surface area contributed by atoms with Gasteiger partial charge in [-0.05, 0) is 13.0 Å². The van der Waals surface area contributed by atoms with Crippen LogP contribution in [-0.2, 0) is 0 Å². The van der Waals surface area contributed by atoms with Gasteiger partial charge < -0.3 is 5.73 Å². The summed E-state index contributed by atoms with van der Waals surface area (Å²) in [4.78, 5) is 3.89. The minimum absolute atomic E-state index is 0.507. The molecule has 0 bridgehead atoms. The molecule has 0 radical (unpaired) electrons. The van der Waals surface area contributed by atoms with Crippen LogP contribution in [0.1, 0.15) is 12.5 Å². The molecule has 0 fully saturated rings. The summed E-state index contributed by atoms with van der Waals surface area (Å²) >= 11 is 5.70. The van der Waals surface area contributed by atoms with Crippen molar-refractivity contribution in [1.82, 2.24) is 4.98 Å². The fourth-order valence-corrected chi connectivity index (χ4v) is 0.945. The SMILES string of the molecule is C/C=C/c1cc(Cl)cnc1N. The molecule has 1 aromatic heterocycles. The first kappa shape index (κ1) is 8.08. The molecule has 0 aliphatic rings. The highest BCUT2D eigenvalue weighted by Crippen LogP contribution is 2.15. The van der Waals surface area contributed by atoms with Crippen molar-refractivity contribution < 1.29 is 0 Å². The van der Waals surface area contributed by atoms with E-state index < -0.39 is 0 Å². The second-order valence-corrected chi connectivity index (χ2v) is 2.56. The standard InChI is InChI=1S/C8H9ClN2/c1-2-3-6-4-7(9)5-11-8(6)10/h2-5H,1H3,(H2,10,11)/b3-2+. The fraction of sp³-hybridized carbons (Fsp3) is 0.125. The van der Waals surface area contributed by atoms with E-state index in [0.717, 1.165) is 5.56 Å². The summed E-state index contributed by atoms with van der Waals surface area (Å²) in [5.74, 6) is 0.507. The molecule has 0 saturated carbocycles. The zero-order valence-electron chi connectivity index (χ0n) is 6.21. The van der Waals surface area contributed by atoms with Crippen LogP contribution in [0, 0.1) is 0 Å². The Morgan fingerprint density at radius 1 is 1.64 bits per heavy atom. The molecule has 1 aromatic rings. The molecule has 0 aliphatic heterocycles. The number of allylic oxidation sites excluding steroid dienone is 1. The zero-order valence-corrected chi connectivity index (χ0v) is 6.97. The summed E-state index contributed by atoms with van der Waals surface area (Å²) in [5.41, 5.74) is 6.42. The van der Waals surface area contributed by atoms with Crippen molar-refractivity contribution in [3.8, 4) is 0 Å². The number of hydrogen-bond donors (Lipinski definition) is 1. The minimum Gasteiger partial charge on any atom is -0.383 e. The number of hydrogen-bond acceptors (Lipinski definition) is 2. The van der Waals surface area contributed by atoms with Crippen LogP contribution in [0.3, 0.4) is 0 Å². The first-order chi connectivity index (χ1) is 5.24. The minimum atomic E-state index is 0.507. The van der Waals surface area contributed by atoms with Crippen molar-refractivity contribution >= 4 is 23.5 Å². The van der Waals surface area contributed by atoms with Crippen LogP contribution >= 0.6 is 11.6 Å². The van der Waals surface area contributed by atoms with Crippen molar-refractivity contribution in [2.45, 2.75) is 6.92 Å². The Morgan fingerprint density at radius 3 is 3.00 bits per heavy atom. The lowest BCUT2D eigenvalue weighted by molar-refractivity contribution is 1.32. The molecule has 0 amide bonds. The van der Waals surface area contributed by atoms with Gasteiger partial charge in [-0.15, -0.1) is 0 Å².